The molecule has 0 radical (unpaired) electrons. The molecule has 0 heterocycles. The second-order valence-corrected chi connectivity index (χ2v) is 15.4. The van der Waals surface area contributed by atoms with Crippen LogP contribution in [0.25, 0.3) is 0 Å². The maximum atomic E-state index is 13.5. The van der Waals surface area contributed by atoms with E-state index in [1.807, 2.05) is 158 Å². The first-order valence-electron chi connectivity index (χ1n) is 21.3. The van der Waals surface area contributed by atoms with Gasteiger partial charge in [-0.2, -0.15) is 0 Å². The molecule has 8 rings (SSSR count). The Hall–Kier alpha value is -9.46. The zero-order valence-corrected chi connectivity index (χ0v) is 36.6. The number of benzene rings is 8. The van der Waals surface area contributed by atoms with Crippen molar-refractivity contribution in [3.8, 4) is 70.4 Å². The fourth-order valence-electron chi connectivity index (χ4n) is 6.76. The van der Waals surface area contributed by atoms with Gasteiger partial charge in [0.05, 0.1) is 22.3 Å². The molecule has 0 saturated heterocycles. The highest BCUT2D eigenvalue weighted by Crippen LogP contribution is 2.39. The lowest BCUT2D eigenvalue weighted by molar-refractivity contribution is 0.150. The summed E-state index contributed by atoms with van der Waals surface area (Å²) in [6, 6.07) is 63.0. The van der Waals surface area contributed by atoms with E-state index in [4.69, 9.17) is 18.9 Å². The Labute approximate surface area is 390 Å². The first-order valence-corrected chi connectivity index (χ1v) is 21.3. The van der Waals surface area contributed by atoms with Crippen LogP contribution in [-0.4, -0.2) is 12.3 Å². The molecule has 320 valence electrons. The van der Waals surface area contributed by atoms with Gasteiger partial charge in [0, 0.05) is 27.7 Å². The summed E-state index contributed by atoms with van der Waals surface area (Å²) < 4.78 is 23.3. The molecule has 0 aromatic heterocycles. The number of carbonyl (C=O) groups excluding carboxylic acids is 2. The van der Waals surface area contributed by atoms with E-state index in [9.17, 15) is 9.59 Å². The maximum Gasteiger partial charge on any atom is 0.519 e. The van der Waals surface area contributed by atoms with Gasteiger partial charge in [0.15, 0.2) is 11.5 Å². The van der Waals surface area contributed by atoms with Crippen LogP contribution in [-0.2, 0) is 5.41 Å². The van der Waals surface area contributed by atoms with E-state index < -0.39 is 17.7 Å². The Morgan fingerprint density at radius 3 is 0.821 bits per heavy atom. The van der Waals surface area contributed by atoms with E-state index in [2.05, 4.69) is 61.2 Å². The van der Waals surface area contributed by atoms with Crippen LogP contribution < -0.4 is 18.9 Å². The number of hydrogen-bond donors (Lipinski definition) is 0. The van der Waals surface area contributed by atoms with Crippen molar-refractivity contribution in [3.05, 3.63) is 262 Å². The van der Waals surface area contributed by atoms with Crippen LogP contribution >= 0.6 is 0 Å². The normalized spacial score (nSPS) is 10.2. The Morgan fingerprint density at radius 1 is 0.328 bits per heavy atom. The van der Waals surface area contributed by atoms with Gasteiger partial charge in [-0.15, -0.1) is 0 Å². The van der Waals surface area contributed by atoms with Gasteiger partial charge in [-0.3, -0.25) is 0 Å². The Bertz CT molecular complexity index is 2900. The average Bonchev–Trinajstić information content (AvgIpc) is 3.36. The van der Waals surface area contributed by atoms with Crippen LogP contribution in [0.4, 0.5) is 9.59 Å². The largest absolute Gasteiger partial charge is 0.519 e. The fourth-order valence-corrected chi connectivity index (χ4v) is 6.76. The number of rotatable bonds is 6. The van der Waals surface area contributed by atoms with Gasteiger partial charge in [-0.25, -0.2) is 9.59 Å². The molecule has 0 aliphatic heterocycles. The highest BCUT2D eigenvalue weighted by Gasteiger charge is 2.29. The zero-order chi connectivity index (χ0) is 46.3. The van der Waals surface area contributed by atoms with Crippen LogP contribution in [0.3, 0.4) is 0 Å². The van der Waals surface area contributed by atoms with E-state index >= 15 is 0 Å². The van der Waals surface area contributed by atoms with Gasteiger partial charge in [-0.1, -0.05) is 170 Å². The van der Waals surface area contributed by atoms with Crippen LogP contribution in [0.1, 0.15) is 69.5 Å². The van der Waals surface area contributed by atoms with E-state index in [0.717, 1.165) is 33.4 Å². The highest BCUT2D eigenvalue weighted by atomic mass is 16.7. The van der Waals surface area contributed by atoms with Crippen molar-refractivity contribution in [2.75, 3.05) is 0 Å². The highest BCUT2D eigenvalue weighted by molar-refractivity contribution is 5.74. The van der Waals surface area contributed by atoms with E-state index in [1.165, 1.54) is 0 Å². The van der Waals surface area contributed by atoms with Crippen molar-refractivity contribution in [1.82, 2.24) is 0 Å². The number of carbonyl (C=O) groups is 2. The number of ether oxygens (including phenoxy) is 4. The molecule has 67 heavy (non-hydrogen) atoms. The molecule has 6 heteroatoms. The van der Waals surface area contributed by atoms with Gasteiger partial charge in [0.1, 0.15) is 11.5 Å². The SMILES string of the molecule is CC(C)(c1cc(C#Cc2ccccc2)c(OC(=O)Oc2ccccc2)c(C#Cc2ccccc2)c1)c1cc(C#Cc2ccccc2)c(OC(=O)Oc2ccccc2)c(C#Cc2ccccc2)c1. The quantitative estimate of drug-likeness (QED) is 0.0942. The summed E-state index contributed by atoms with van der Waals surface area (Å²) in [7, 11) is 0. The van der Waals surface area contributed by atoms with Gasteiger partial charge < -0.3 is 18.9 Å². The monoisotopic (exact) mass is 868 g/mol. The zero-order valence-electron chi connectivity index (χ0n) is 36.6. The third-order valence-electron chi connectivity index (χ3n) is 10.3. The number of para-hydroxylation sites is 2. The van der Waals surface area contributed by atoms with E-state index in [0.29, 0.717) is 33.8 Å². The predicted octanol–water partition coefficient (Wildman–Crippen LogP) is 12.8. The number of hydrogen-bond acceptors (Lipinski definition) is 6. The lowest BCUT2D eigenvalue weighted by atomic mass is 9.75. The second kappa shape index (κ2) is 21.3. The van der Waals surface area contributed by atoms with Crippen molar-refractivity contribution in [3.63, 3.8) is 0 Å². The summed E-state index contributed by atoms with van der Waals surface area (Å²) in [6.07, 6.45) is -1.90. The van der Waals surface area contributed by atoms with Crippen molar-refractivity contribution in [2.24, 2.45) is 0 Å². The van der Waals surface area contributed by atoms with Crippen molar-refractivity contribution in [2.45, 2.75) is 19.3 Å². The summed E-state index contributed by atoms with van der Waals surface area (Å²) in [5, 5.41) is 0. The van der Waals surface area contributed by atoms with Crippen LogP contribution in [0.15, 0.2) is 206 Å². The molecule has 0 aliphatic rings. The Kier molecular flexibility index (Phi) is 14.0. The summed E-state index contributed by atoms with van der Waals surface area (Å²) in [4.78, 5) is 27.1. The first kappa shape index (κ1) is 44.2. The van der Waals surface area contributed by atoms with Crippen molar-refractivity contribution >= 4 is 12.3 Å². The molecule has 0 unspecified atom stereocenters. The predicted molar refractivity (Wildman–Crippen MR) is 261 cm³/mol. The van der Waals surface area contributed by atoms with Gasteiger partial charge in [0.25, 0.3) is 0 Å². The van der Waals surface area contributed by atoms with Gasteiger partial charge >= 0.3 is 12.3 Å². The molecule has 0 bridgehead atoms. The molecular formula is C61H40O6. The molecule has 0 fully saturated rings. The van der Waals surface area contributed by atoms with Crippen LogP contribution in [0, 0.1) is 47.4 Å². The molecule has 0 spiro atoms. The maximum absolute atomic E-state index is 13.5. The summed E-state index contributed by atoms with van der Waals surface area (Å²) in [6.45, 7) is 4.11. The summed E-state index contributed by atoms with van der Waals surface area (Å²) >= 11 is 0. The smallest absolute Gasteiger partial charge is 0.395 e. The molecule has 6 nitrogen and oxygen atoms in total. The first-order chi connectivity index (χ1) is 32.8. The molecule has 8 aromatic carbocycles. The van der Waals surface area contributed by atoms with Crippen LogP contribution in [0.2, 0.25) is 0 Å². The summed E-state index contributed by atoms with van der Waals surface area (Å²) in [5.74, 6) is 27.0. The van der Waals surface area contributed by atoms with Gasteiger partial charge in [0.2, 0.25) is 0 Å². The molecule has 8 aromatic rings. The molecule has 0 amide bonds. The third-order valence-corrected chi connectivity index (χ3v) is 10.3. The topological polar surface area (TPSA) is 71.1 Å². The minimum atomic E-state index is -0.951. The molecular weight excluding hydrogens is 829 g/mol. The van der Waals surface area contributed by atoms with Crippen molar-refractivity contribution in [1.29, 1.82) is 0 Å². The molecule has 0 atom stereocenters. The standard InChI is InChI=1S/C61H40O6/c1-61(2,53-41-49(37-33-45-21-9-3-10-22-45)57(66-59(62)64-55-29-17-7-18-30-55)50(42-53)38-34-46-23-11-4-12-24-46)54-43-51(39-35-47-25-13-5-14-26-47)58(67-60(63)65-56-31-19-8-20-32-56)52(44-54)40-36-48-27-15-6-16-28-48/h3-32,41-44H,1-2H3. The fraction of sp³-hybridized carbons (Fsp3) is 0.0492. The average molecular weight is 869 g/mol. The molecule has 0 saturated carbocycles. The van der Waals surface area contributed by atoms with E-state index in [-0.39, 0.29) is 11.5 Å². The lowest BCUT2D eigenvalue weighted by Crippen LogP contribution is -2.22. The molecule has 0 N–H and O–H groups in total. The van der Waals surface area contributed by atoms with Crippen molar-refractivity contribution < 1.29 is 28.5 Å². The second-order valence-electron chi connectivity index (χ2n) is 15.4. The minimum Gasteiger partial charge on any atom is -0.395 e. The minimum absolute atomic E-state index is 0.136. The Balaban J connectivity index is 1.32. The third kappa shape index (κ3) is 12.0. The summed E-state index contributed by atoms with van der Waals surface area (Å²) in [5.41, 5.74) is 5.31. The van der Waals surface area contributed by atoms with E-state index in [1.54, 1.807) is 48.5 Å². The Morgan fingerprint density at radius 2 is 0.567 bits per heavy atom. The van der Waals surface area contributed by atoms with Gasteiger partial charge in [-0.05, 0) is 108 Å². The van der Waals surface area contributed by atoms with Crippen LogP contribution in [0.5, 0.6) is 23.0 Å². The lowest BCUT2D eigenvalue weighted by Gasteiger charge is -2.28. The molecule has 0 aliphatic carbocycles.